The van der Waals surface area contributed by atoms with Gasteiger partial charge in [-0.05, 0) is 23.3 Å². The number of nitrogens with zero attached hydrogens (tertiary/aromatic N) is 1. The van der Waals surface area contributed by atoms with Crippen molar-refractivity contribution in [1.29, 1.82) is 0 Å². The van der Waals surface area contributed by atoms with E-state index >= 15 is 0 Å². The summed E-state index contributed by atoms with van der Waals surface area (Å²) in [5, 5.41) is 13.8. The summed E-state index contributed by atoms with van der Waals surface area (Å²) in [5.74, 6) is -1.45. The lowest BCUT2D eigenvalue weighted by molar-refractivity contribution is -0.387. The van der Waals surface area contributed by atoms with Gasteiger partial charge in [0.25, 0.3) is 0 Å². The van der Waals surface area contributed by atoms with Gasteiger partial charge in [0.1, 0.15) is 5.82 Å². The predicted octanol–water partition coefficient (Wildman–Crippen LogP) is 3.64. The molecule has 1 aromatic carbocycles. The van der Waals surface area contributed by atoms with E-state index < -0.39 is 22.2 Å². The molecular weight excluding hydrogens is 278 g/mol. The second-order valence-electron chi connectivity index (χ2n) is 6.78. The molecule has 0 aromatic heterocycles. The van der Waals surface area contributed by atoms with Crippen LogP contribution in [0.25, 0.3) is 0 Å². The molecule has 0 aliphatic heterocycles. The van der Waals surface area contributed by atoms with E-state index in [0.29, 0.717) is 18.5 Å². The number of nitro benzene ring substituents is 1. The third-order valence-corrected chi connectivity index (χ3v) is 5.30. The minimum Gasteiger partial charge on any atom is -0.312 e. The summed E-state index contributed by atoms with van der Waals surface area (Å²) in [6.45, 7) is 9.58. The molecule has 1 aromatic rings. The molecule has 21 heavy (non-hydrogen) atoms. The van der Waals surface area contributed by atoms with Gasteiger partial charge in [0.15, 0.2) is 0 Å². The molecule has 0 radical (unpaired) electrons. The summed E-state index contributed by atoms with van der Waals surface area (Å²) < 4.78 is 26.9. The van der Waals surface area contributed by atoms with Crippen molar-refractivity contribution in [3.05, 3.63) is 39.4 Å². The van der Waals surface area contributed by atoms with Crippen LogP contribution in [0.5, 0.6) is 0 Å². The molecule has 1 fully saturated rings. The Bertz CT molecular complexity index is 571. The molecular formula is C15H20F2N2O2. The Morgan fingerprint density at radius 2 is 1.76 bits per heavy atom. The van der Waals surface area contributed by atoms with Gasteiger partial charge in [0.05, 0.1) is 4.92 Å². The molecule has 1 saturated carbocycles. The molecule has 2 rings (SSSR count). The highest BCUT2D eigenvalue weighted by Crippen LogP contribution is 2.67. The maximum Gasteiger partial charge on any atom is 0.305 e. The van der Waals surface area contributed by atoms with Gasteiger partial charge in [0, 0.05) is 24.2 Å². The van der Waals surface area contributed by atoms with Crippen LogP contribution in [0, 0.1) is 38.5 Å². The van der Waals surface area contributed by atoms with Crippen LogP contribution in [0.3, 0.4) is 0 Å². The Kier molecular flexibility index (Phi) is 3.78. The molecule has 0 bridgehead atoms. The van der Waals surface area contributed by atoms with E-state index in [1.165, 1.54) is 0 Å². The van der Waals surface area contributed by atoms with Crippen LogP contribution in [0.1, 0.15) is 33.3 Å². The summed E-state index contributed by atoms with van der Waals surface area (Å²) in [6.07, 6.45) is 0. The first kappa shape index (κ1) is 15.8. The first-order valence-electron chi connectivity index (χ1n) is 6.92. The normalized spacial score (nSPS) is 19.5. The number of benzene rings is 1. The van der Waals surface area contributed by atoms with Gasteiger partial charge < -0.3 is 5.32 Å². The Balaban J connectivity index is 2.02. The second-order valence-corrected chi connectivity index (χ2v) is 6.78. The molecule has 6 heteroatoms. The summed E-state index contributed by atoms with van der Waals surface area (Å²) >= 11 is 0. The highest BCUT2D eigenvalue weighted by atomic mass is 19.1. The van der Waals surface area contributed by atoms with Crippen molar-refractivity contribution in [2.24, 2.45) is 16.7 Å². The molecule has 1 aliphatic rings. The van der Waals surface area contributed by atoms with E-state index in [-0.39, 0.29) is 22.9 Å². The van der Waals surface area contributed by atoms with E-state index in [9.17, 15) is 18.9 Å². The Morgan fingerprint density at radius 3 is 2.24 bits per heavy atom. The number of hydrogen-bond acceptors (Lipinski definition) is 3. The average molecular weight is 298 g/mol. The third kappa shape index (κ3) is 2.64. The second kappa shape index (κ2) is 5.02. The fourth-order valence-corrected chi connectivity index (χ4v) is 3.05. The topological polar surface area (TPSA) is 55.2 Å². The van der Waals surface area contributed by atoms with Gasteiger partial charge in [-0.1, -0.05) is 27.7 Å². The first-order chi connectivity index (χ1) is 9.59. The molecule has 0 heterocycles. The minimum atomic E-state index is -1.15. The summed E-state index contributed by atoms with van der Waals surface area (Å²) in [6, 6.07) is 1.53. The molecule has 0 unspecified atom stereocenters. The van der Waals surface area contributed by atoms with Crippen LogP contribution in [-0.4, -0.2) is 11.5 Å². The highest BCUT2D eigenvalue weighted by Gasteiger charge is 2.63. The van der Waals surface area contributed by atoms with Crippen LogP contribution >= 0.6 is 0 Å². The fourth-order valence-electron chi connectivity index (χ4n) is 3.05. The van der Waals surface area contributed by atoms with Gasteiger partial charge in [-0.25, -0.2) is 4.39 Å². The van der Waals surface area contributed by atoms with Crippen LogP contribution in [0.2, 0.25) is 0 Å². The van der Waals surface area contributed by atoms with Crippen LogP contribution in [0.4, 0.5) is 14.5 Å². The zero-order valence-electron chi connectivity index (χ0n) is 12.7. The molecule has 1 N–H and O–H groups in total. The molecule has 0 saturated heterocycles. The van der Waals surface area contributed by atoms with Gasteiger partial charge >= 0.3 is 5.69 Å². The van der Waals surface area contributed by atoms with Crippen molar-refractivity contribution in [2.45, 2.75) is 34.2 Å². The summed E-state index contributed by atoms with van der Waals surface area (Å²) in [5.41, 5.74) is -0.152. The van der Waals surface area contributed by atoms with E-state index in [1.807, 2.05) is 0 Å². The summed E-state index contributed by atoms with van der Waals surface area (Å²) in [7, 11) is 0. The number of hydrogen-bond donors (Lipinski definition) is 1. The predicted molar refractivity (Wildman–Crippen MR) is 75.8 cm³/mol. The Labute approximate surface area is 122 Å². The SMILES string of the molecule is CC1(C)C(CNCc2cc([N+](=O)[O-])c(F)cc2F)C1(C)C. The Hall–Kier alpha value is -1.56. The smallest absolute Gasteiger partial charge is 0.305 e. The standard InChI is InChI=1S/C15H20F2N2O2/c1-14(2)13(15(14,3)4)8-18-7-9-5-12(19(20)21)11(17)6-10(9)16/h5-6,13,18H,7-8H2,1-4H3. The maximum absolute atomic E-state index is 13.6. The van der Waals surface area contributed by atoms with Gasteiger partial charge in [-0.3, -0.25) is 10.1 Å². The number of nitrogens with one attached hydrogen (secondary N) is 1. The molecule has 0 spiro atoms. The van der Waals surface area contributed by atoms with Crippen molar-refractivity contribution < 1.29 is 13.7 Å². The lowest BCUT2D eigenvalue weighted by Gasteiger charge is -2.07. The number of rotatable bonds is 5. The zero-order chi connectivity index (χ0) is 16.0. The maximum atomic E-state index is 13.6. The van der Waals surface area contributed by atoms with E-state index in [1.54, 1.807) is 0 Å². The van der Waals surface area contributed by atoms with Gasteiger partial charge in [-0.15, -0.1) is 0 Å². The first-order valence-corrected chi connectivity index (χ1v) is 6.92. The minimum absolute atomic E-state index is 0.111. The fraction of sp³-hybridized carbons (Fsp3) is 0.600. The van der Waals surface area contributed by atoms with Crippen LogP contribution in [-0.2, 0) is 6.54 Å². The molecule has 116 valence electrons. The largest absolute Gasteiger partial charge is 0.312 e. The molecule has 0 amide bonds. The van der Waals surface area contributed by atoms with Crippen LogP contribution < -0.4 is 5.32 Å². The summed E-state index contributed by atoms with van der Waals surface area (Å²) in [4.78, 5) is 9.83. The number of halogens is 2. The Morgan fingerprint density at radius 1 is 1.19 bits per heavy atom. The lowest BCUT2D eigenvalue weighted by Crippen LogP contribution is -2.19. The van der Waals surface area contributed by atoms with Crippen molar-refractivity contribution in [3.8, 4) is 0 Å². The number of nitro groups is 1. The van der Waals surface area contributed by atoms with E-state index in [0.717, 1.165) is 6.07 Å². The zero-order valence-corrected chi connectivity index (χ0v) is 12.7. The van der Waals surface area contributed by atoms with Gasteiger partial charge in [0.2, 0.25) is 5.82 Å². The van der Waals surface area contributed by atoms with Crippen LogP contribution in [0.15, 0.2) is 12.1 Å². The quantitative estimate of drug-likeness (QED) is 0.667. The van der Waals surface area contributed by atoms with Crippen molar-refractivity contribution in [2.75, 3.05) is 6.54 Å². The monoisotopic (exact) mass is 298 g/mol. The van der Waals surface area contributed by atoms with Gasteiger partial charge in [-0.2, -0.15) is 4.39 Å². The molecule has 0 atom stereocenters. The van der Waals surface area contributed by atoms with Crippen molar-refractivity contribution in [3.63, 3.8) is 0 Å². The average Bonchev–Trinajstić information content (AvgIpc) is 2.73. The molecule has 4 nitrogen and oxygen atoms in total. The van der Waals surface area contributed by atoms with E-state index in [4.69, 9.17) is 0 Å². The highest BCUT2D eigenvalue weighted by molar-refractivity contribution is 5.37. The molecule has 1 aliphatic carbocycles. The lowest BCUT2D eigenvalue weighted by atomic mass is 10.0. The van der Waals surface area contributed by atoms with Crippen molar-refractivity contribution in [1.82, 2.24) is 5.32 Å². The van der Waals surface area contributed by atoms with E-state index in [2.05, 4.69) is 33.0 Å². The third-order valence-electron chi connectivity index (χ3n) is 5.30. The van der Waals surface area contributed by atoms with Crippen molar-refractivity contribution >= 4 is 5.69 Å².